The van der Waals surface area contributed by atoms with Crippen LogP contribution in [0.5, 0.6) is 0 Å². The summed E-state index contributed by atoms with van der Waals surface area (Å²) >= 11 is 0. The lowest BCUT2D eigenvalue weighted by Gasteiger charge is -2.12. The van der Waals surface area contributed by atoms with Gasteiger partial charge in [0.1, 0.15) is 5.52 Å². The Bertz CT molecular complexity index is 4150. The highest BCUT2D eigenvalue weighted by Gasteiger charge is 2.23. The van der Waals surface area contributed by atoms with Crippen LogP contribution in [-0.2, 0) is 0 Å². The normalized spacial score (nSPS) is 12.2. The van der Waals surface area contributed by atoms with Crippen molar-refractivity contribution in [2.45, 2.75) is 0 Å². The van der Waals surface area contributed by atoms with E-state index in [9.17, 15) is 0 Å². The van der Waals surface area contributed by atoms with Crippen molar-refractivity contribution in [2.24, 2.45) is 0 Å². The topological polar surface area (TPSA) is 71.3 Å². The average molecular weight is 793 g/mol. The van der Waals surface area contributed by atoms with Crippen LogP contribution in [-0.4, -0.2) is 38.2 Å². The van der Waals surface area contributed by atoms with Crippen LogP contribution >= 0.6 is 0 Å². The molecule has 0 saturated carbocycles. The zero-order valence-corrected chi connectivity index (χ0v) is 33.1. The van der Waals surface area contributed by atoms with Crippen LogP contribution in [0.25, 0.3) is 122 Å². The van der Waals surface area contributed by atoms with Crippen LogP contribution < -0.4 is 0 Å². The van der Waals surface area contributed by atoms with Gasteiger partial charge >= 0.3 is 0 Å². The molecule has 0 aliphatic rings. The fourth-order valence-corrected chi connectivity index (χ4v) is 10.1. The molecule has 0 spiro atoms. The van der Waals surface area contributed by atoms with E-state index in [0.717, 1.165) is 82.4 Å². The van der Waals surface area contributed by atoms with Gasteiger partial charge in [0.15, 0.2) is 11.5 Å². The smallest absolute Gasteiger partial charge is 0.236 e. The van der Waals surface area contributed by atoms with Crippen LogP contribution in [0, 0.1) is 0 Å². The molecular weight excluding hydrogens is 761 g/mol. The lowest BCUT2D eigenvalue weighted by molar-refractivity contribution is 0.985. The third-order valence-electron chi connectivity index (χ3n) is 12.7. The summed E-state index contributed by atoms with van der Waals surface area (Å²) in [4.78, 5) is 20.6. The van der Waals surface area contributed by atoms with Crippen molar-refractivity contribution in [1.29, 1.82) is 0 Å². The SMILES string of the molecule is c1ccc(-n2c3ccccc3c3cc4c(cc32)c2ccccc2n4-c2ncc3nc(-n4c5ccccc5c5ccc6c7ccccc7n(-c7ccccc7)c6c54)cnc3n2)cc1. The number of benzene rings is 8. The Hall–Kier alpha value is -8.62. The van der Waals surface area contributed by atoms with Crippen LogP contribution in [0.2, 0.25) is 0 Å². The maximum absolute atomic E-state index is 5.29. The number of rotatable bonds is 4. The van der Waals surface area contributed by atoms with Crippen LogP contribution in [0.3, 0.4) is 0 Å². The van der Waals surface area contributed by atoms with E-state index in [1.807, 2.05) is 12.4 Å². The van der Waals surface area contributed by atoms with Crippen molar-refractivity contribution in [3.8, 4) is 23.1 Å². The summed E-state index contributed by atoms with van der Waals surface area (Å²) in [6.45, 7) is 0. The molecule has 6 heterocycles. The molecule has 288 valence electrons. The van der Waals surface area contributed by atoms with E-state index in [1.54, 1.807) is 0 Å². The molecule has 8 heteroatoms. The Morgan fingerprint density at radius 2 is 0.758 bits per heavy atom. The van der Waals surface area contributed by atoms with Crippen LogP contribution in [0.1, 0.15) is 0 Å². The van der Waals surface area contributed by atoms with Crippen molar-refractivity contribution in [3.05, 3.63) is 194 Å². The third-order valence-corrected chi connectivity index (χ3v) is 12.7. The fourth-order valence-electron chi connectivity index (χ4n) is 10.1. The van der Waals surface area contributed by atoms with E-state index >= 15 is 0 Å². The first-order chi connectivity index (χ1) is 30.8. The lowest BCUT2D eigenvalue weighted by atomic mass is 10.1. The van der Waals surface area contributed by atoms with Gasteiger partial charge in [-0.25, -0.2) is 15.0 Å². The van der Waals surface area contributed by atoms with E-state index in [4.69, 9.17) is 19.9 Å². The largest absolute Gasteiger partial charge is 0.309 e. The van der Waals surface area contributed by atoms with Gasteiger partial charge in [-0.3, -0.25) is 9.13 Å². The summed E-state index contributed by atoms with van der Waals surface area (Å²) in [6, 6.07) is 64.6. The molecule has 0 bridgehead atoms. The molecule has 0 radical (unpaired) electrons. The first-order valence-electron chi connectivity index (χ1n) is 20.8. The number of para-hydroxylation sites is 6. The molecule has 62 heavy (non-hydrogen) atoms. The van der Waals surface area contributed by atoms with Crippen molar-refractivity contribution in [2.75, 3.05) is 0 Å². The molecule has 0 unspecified atom stereocenters. The first kappa shape index (κ1) is 33.2. The quantitative estimate of drug-likeness (QED) is 0.178. The molecule has 6 aromatic heterocycles. The van der Waals surface area contributed by atoms with Gasteiger partial charge in [0.25, 0.3) is 0 Å². The van der Waals surface area contributed by atoms with Crippen molar-refractivity contribution in [3.63, 3.8) is 0 Å². The van der Waals surface area contributed by atoms with Gasteiger partial charge in [-0.05, 0) is 60.7 Å². The van der Waals surface area contributed by atoms with Crippen molar-refractivity contribution >= 4 is 98.4 Å². The van der Waals surface area contributed by atoms with Gasteiger partial charge < -0.3 is 9.13 Å². The summed E-state index contributed by atoms with van der Waals surface area (Å²) in [7, 11) is 0. The van der Waals surface area contributed by atoms with Gasteiger partial charge in [-0.1, -0.05) is 121 Å². The summed E-state index contributed by atoms with van der Waals surface area (Å²) in [6.07, 6.45) is 3.67. The molecule has 8 aromatic carbocycles. The summed E-state index contributed by atoms with van der Waals surface area (Å²) in [5.74, 6) is 1.24. The van der Waals surface area contributed by atoms with Crippen molar-refractivity contribution < 1.29 is 0 Å². The Labute approximate surface area is 352 Å². The Morgan fingerprint density at radius 1 is 0.306 bits per heavy atom. The fraction of sp³-hybridized carbons (Fsp3) is 0. The average Bonchev–Trinajstić information content (AvgIpc) is 4.06. The molecule has 0 N–H and O–H groups in total. The molecule has 0 amide bonds. The molecule has 0 atom stereocenters. The first-order valence-corrected chi connectivity index (χ1v) is 20.8. The molecule has 0 fully saturated rings. The predicted molar refractivity (Wildman–Crippen MR) is 252 cm³/mol. The van der Waals surface area contributed by atoms with E-state index < -0.39 is 0 Å². The van der Waals surface area contributed by atoms with Gasteiger partial charge in [0.05, 0.1) is 56.5 Å². The number of hydrogen-bond donors (Lipinski definition) is 0. The molecular formula is C54H32N8. The van der Waals surface area contributed by atoms with Gasteiger partial charge in [-0.15, -0.1) is 0 Å². The highest BCUT2D eigenvalue weighted by Crippen LogP contribution is 2.42. The summed E-state index contributed by atoms with van der Waals surface area (Å²) in [5.41, 5.74) is 12.1. The van der Waals surface area contributed by atoms with Gasteiger partial charge in [-0.2, -0.15) is 4.98 Å². The maximum atomic E-state index is 5.29. The summed E-state index contributed by atoms with van der Waals surface area (Å²) in [5, 5.41) is 9.28. The minimum absolute atomic E-state index is 0.524. The van der Waals surface area contributed by atoms with Gasteiger partial charge in [0, 0.05) is 54.5 Å². The number of aromatic nitrogens is 8. The number of fused-ring (bicyclic) bond motifs is 14. The van der Waals surface area contributed by atoms with Crippen LogP contribution in [0.15, 0.2) is 194 Å². The predicted octanol–water partition coefficient (Wildman–Crippen LogP) is 12.8. The molecule has 0 saturated heterocycles. The zero-order valence-electron chi connectivity index (χ0n) is 33.1. The van der Waals surface area contributed by atoms with E-state index in [2.05, 4.69) is 200 Å². The third kappa shape index (κ3) is 4.49. The van der Waals surface area contributed by atoms with E-state index in [1.165, 1.54) is 16.2 Å². The molecule has 14 rings (SSSR count). The second-order valence-electron chi connectivity index (χ2n) is 15.9. The van der Waals surface area contributed by atoms with Crippen molar-refractivity contribution in [1.82, 2.24) is 38.2 Å². The highest BCUT2D eigenvalue weighted by atomic mass is 15.2. The minimum Gasteiger partial charge on any atom is -0.309 e. The molecule has 14 aromatic rings. The van der Waals surface area contributed by atoms with Crippen LogP contribution in [0.4, 0.5) is 0 Å². The molecule has 8 nitrogen and oxygen atoms in total. The minimum atomic E-state index is 0.524. The second kappa shape index (κ2) is 12.5. The molecule has 0 aliphatic carbocycles. The number of hydrogen-bond acceptors (Lipinski definition) is 4. The van der Waals surface area contributed by atoms with E-state index in [-0.39, 0.29) is 0 Å². The summed E-state index contributed by atoms with van der Waals surface area (Å²) < 4.78 is 9.17. The Kier molecular flexibility index (Phi) is 6.68. The van der Waals surface area contributed by atoms with Gasteiger partial charge in [0.2, 0.25) is 5.95 Å². The Balaban J connectivity index is 0.996. The monoisotopic (exact) mass is 792 g/mol. The highest BCUT2D eigenvalue weighted by molar-refractivity contribution is 6.24. The lowest BCUT2D eigenvalue weighted by Crippen LogP contribution is -2.05. The Morgan fingerprint density at radius 3 is 1.35 bits per heavy atom. The second-order valence-corrected chi connectivity index (χ2v) is 15.9. The maximum Gasteiger partial charge on any atom is 0.236 e. The van der Waals surface area contributed by atoms with E-state index in [0.29, 0.717) is 22.9 Å². The molecule has 0 aliphatic heterocycles. The standard InChI is InChI=1S/C54H32N8/c1-3-15-33(16-4-1)59-44-23-11-9-21-37(44)41-30-49-42(29-48(41)59)38-22-10-13-25-46(38)61(49)54-56-31-43-53(58-54)55-32-50(57-43)62-47-26-14-8-20-36(47)40-28-27-39-35-19-7-12-24-45(35)60(51(39)52(40)62)34-17-5-2-6-18-34/h1-32H. The zero-order chi connectivity index (χ0) is 40.5. The number of nitrogens with zero attached hydrogens (tertiary/aromatic N) is 8.